The Labute approximate surface area is 215 Å². The molecule has 0 bridgehead atoms. The summed E-state index contributed by atoms with van der Waals surface area (Å²) in [6, 6.07) is 16.5. The van der Waals surface area contributed by atoms with Gasteiger partial charge in [-0.1, -0.05) is 38.1 Å². The summed E-state index contributed by atoms with van der Waals surface area (Å²) in [5.74, 6) is -0.257. The number of nitrogens with zero attached hydrogens (tertiary/aromatic N) is 4. The van der Waals surface area contributed by atoms with Crippen molar-refractivity contribution >= 4 is 40.1 Å². The highest BCUT2D eigenvalue weighted by molar-refractivity contribution is 5.93. The van der Waals surface area contributed by atoms with E-state index in [0.717, 1.165) is 55.6 Å². The number of ether oxygens (including phenoxy) is 1. The number of nitrogens with one attached hydrogen (secondary N) is 3. The minimum absolute atomic E-state index is 0.0674. The lowest BCUT2D eigenvalue weighted by Crippen LogP contribution is -2.42. The van der Waals surface area contributed by atoms with Crippen LogP contribution in [0.3, 0.4) is 0 Å². The van der Waals surface area contributed by atoms with Crippen molar-refractivity contribution in [2.75, 3.05) is 50.0 Å². The number of anilines is 4. The third-order valence-electron chi connectivity index (χ3n) is 5.76. The summed E-state index contributed by atoms with van der Waals surface area (Å²) in [4.78, 5) is 23.4. The van der Waals surface area contributed by atoms with Gasteiger partial charge in [0.2, 0.25) is 5.95 Å². The van der Waals surface area contributed by atoms with E-state index in [4.69, 9.17) is 4.74 Å². The number of para-hydroxylation sites is 1. The van der Waals surface area contributed by atoms with Crippen molar-refractivity contribution in [2.24, 2.45) is 0 Å². The number of hydrogen-bond donors (Lipinski definition) is 3. The van der Waals surface area contributed by atoms with Gasteiger partial charge in [-0.2, -0.15) is 4.98 Å². The SMILES string of the molecule is CC.O=C(NCCN1CCOCC1)n1ccc2ccc(Nc3ncc(F)c(Nc4ccccc4)n3)cc21. The quantitative estimate of drug-likeness (QED) is 0.326. The molecule has 1 fully saturated rings. The van der Waals surface area contributed by atoms with Crippen molar-refractivity contribution in [3.63, 3.8) is 0 Å². The maximum absolute atomic E-state index is 14.3. The largest absolute Gasteiger partial charge is 0.379 e. The van der Waals surface area contributed by atoms with Crippen molar-refractivity contribution in [1.82, 2.24) is 24.8 Å². The second-order valence-electron chi connectivity index (χ2n) is 8.15. The van der Waals surface area contributed by atoms with Crippen LogP contribution in [0.4, 0.5) is 32.3 Å². The molecule has 37 heavy (non-hydrogen) atoms. The molecule has 4 aromatic rings. The Balaban J connectivity index is 0.00000156. The first-order valence-corrected chi connectivity index (χ1v) is 12.5. The van der Waals surface area contributed by atoms with Crippen LogP contribution in [0.5, 0.6) is 0 Å². The molecule has 10 heteroatoms. The van der Waals surface area contributed by atoms with E-state index in [2.05, 4.69) is 30.8 Å². The summed E-state index contributed by atoms with van der Waals surface area (Å²) >= 11 is 0. The standard InChI is InChI=1S/C25H26FN7O2.C2H6/c26-21-17-28-24(31-23(21)29-19-4-2-1-3-5-19)30-20-7-6-18-8-10-33(22(18)16-20)25(34)27-9-11-32-12-14-35-15-13-32;1-2/h1-8,10,16-17H,9,11-15H2,(H,27,34)(H2,28,29,30,31);1-2H3. The summed E-state index contributed by atoms with van der Waals surface area (Å²) in [6.07, 6.45) is 2.86. The highest BCUT2D eigenvalue weighted by Gasteiger charge is 2.13. The summed E-state index contributed by atoms with van der Waals surface area (Å²) in [7, 11) is 0. The fourth-order valence-electron chi connectivity index (χ4n) is 3.92. The van der Waals surface area contributed by atoms with Crippen molar-refractivity contribution in [3.05, 3.63) is 72.8 Å². The van der Waals surface area contributed by atoms with E-state index < -0.39 is 5.82 Å². The number of aromatic nitrogens is 3. The van der Waals surface area contributed by atoms with Gasteiger partial charge in [0.25, 0.3) is 0 Å². The Bertz CT molecular complexity index is 1310. The molecule has 194 valence electrons. The number of carbonyl (C=O) groups excluding carboxylic acids is 1. The fraction of sp³-hybridized carbons (Fsp3) is 0.296. The summed E-state index contributed by atoms with van der Waals surface area (Å²) in [6.45, 7) is 8.55. The van der Waals surface area contributed by atoms with Gasteiger partial charge >= 0.3 is 6.03 Å². The average Bonchev–Trinajstić information content (AvgIpc) is 3.36. The molecule has 0 unspecified atom stereocenters. The Morgan fingerprint density at radius 2 is 1.81 bits per heavy atom. The number of rotatable bonds is 7. The van der Waals surface area contributed by atoms with Crippen LogP contribution in [0.15, 0.2) is 67.0 Å². The molecule has 1 aliphatic heterocycles. The third kappa shape index (κ3) is 6.81. The van der Waals surface area contributed by atoms with Gasteiger partial charge in [0.15, 0.2) is 11.6 Å². The molecule has 0 atom stereocenters. The van der Waals surface area contributed by atoms with Crippen LogP contribution < -0.4 is 16.0 Å². The molecular weight excluding hydrogens is 473 g/mol. The molecule has 0 spiro atoms. The first-order valence-electron chi connectivity index (χ1n) is 12.5. The number of carbonyl (C=O) groups is 1. The van der Waals surface area contributed by atoms with Gasteiger partial charge < -0.3 is 20.7 Å². The molecule has 2 aromatic carbocycles. The van der Waals surface area contributed by atoms with Gasteiger partial charge in [-0.15, -0.1) is 0 Å². The van der Waals surface area contributed by atoms with Crippen LogP contribution in [-0.4, -0.2) is 64.9 Å². The van der Waals surface area contributed by atoms with Crippen LogP contribution in [0.2, 0.25) is 0 Å². The van der Waals surface area contributed by atoms with E-state index >= 15 is 0 Å². The molecule has 2 aromatic heterocycles. The third-order valence-corrected chi connectivity index (χ3v) is 5.76. The zero-order chi connectivity index (χ0) is 26.0. The highest BCUT2D eigenvalue weighted by Crippen LogP contribution is 2.24. The van der Waals surface area contributed by atoms with E-state index in [-0.39, 0.29) is 17.8 Å². The lowest BCUT2D eigenvalue weighted by atomic mass is 10.2. The summed E-state index contributed by atoms with van der Waals surface area (Å²) in [5, 5.41) is 9.96. The number of morpholine rings is 1. The molecule has 0 radical (unpaired) electrons. The van der Waals surface area contributed by atoms with Gasteiger partial charge in [-0.3, -0.25) is 9.47 Å². The zero-order valence-corrected chi connectivity index (χ0v) is 21.1. The lowest BCUT2D eigenvalue weighted by Gasteiger charge is -2.26. The van der Waals surface area contributed by atoms with Crippen LogP contribution in [0, 0.1) is 5.82 Å². The molecule has 0 aliphatic carbocycles. The monoisotopic (exact) mass is 505 g/mol. The fourth-order valence-corrected chi connectivity index (χ4v) is 3.92. The van der Waals surface area contributed by atoms with E-state index in [0.29, 0.717) is 12.2 Å². The molecule has 3 N–H and O–H groups in total. The first kappa shape index (κ1) is 26.1. The minimum atomic E-state index is -0.558. The van der Waals surface area contributed by atoms with E-state index in [1.54, 1.807) is 10.8 Å². The van der Waals surface area contributed by atoms with E-state index in [9.17, 15) is 9.18 Å². The Morgan fingerprint density at radius 3 is 2.59 bits per heavy atom. The average molecular weight is 506 g/mol. The molecule has 1 aliphatic rings. The van der Waals surface area contributed by atoms with Crippen LogP contribution in [-0.2, 0) is 4.74 Å². The van der Waals surface area contributed by atoms with Crippen LogP contribution in [0.1, 0.15) is 13.8 Å². The first-order chi connectivity index (χ1) is 18.2. The normalized spacial score (nSPS) is 13.5. The Morgan fingerprint density at radius 1 is 1.03 bits per heavy atom. The Hall–Kier alpha value is -4.02. The predicted octanol–water partition coefficient (Wildman–Crippen LogP) is 4.97. The highest BCUT2D eigenvalue weighted by atomic mass is 19.1. The molecule has 1 amide bonds. The summed E-state index contributed by atoms with van der Waals surface area (Å²) < 4.78 is 21.2. The maximum Gasteiger partial charge on any atom is 0.326 e. The van der Waals surface area contributed by atoms with Crippen LogP contribution >= 0.6 is 0 Å². The molecule has 3 heterocycles. The molecule has 5 rings (SSSR count). The second-order valence-corrected chi connectivity index (χ2v) is 8.15. The molecule has 0 saturated carbocycles. The predicted molar refractivity (Wildman–Crippen MR) is 144 cm³/mol. The maximum atomic E-state index is 14.3. The number of fused-ring (bicyclic) bond motifs is 1. The molecular formula is C27H32FN7O2. The summed E-state index contributed by atoms with van der Waals surface area (Å²) in [5.41, 5.74) is 2.13. The minimum Gasteiger partial charge on any atom is -0.379 e. The van der Waals surface area contributed by atoms with Gasteiger partial charge in [0, 0.05) is 49.1 Å². The second kappa shape index (κ2) is 12.8. The Kier molecular flexibility index (Phi) is 9.01. The van der Waals surface area contributed by atoms with Crippen molar-refractivity contribution in [2.45, 2.75) is 13.8 Å². The van der Waals surface area contributed by atoms with Gasteiger partial charge in [-0.05, 0) is 30.3 Å². The van der Waals surface area contributed by atoms with Gasteiger partial charge in [0.05, 0.1) is 24.9 Å². The van der Waals surface area contributed by atoms with Crippen molar-refractivity contribution in [1.29, 1.82) is 0 Å². The van der Waals surface area contributed by atoms with Crippen molar-refractivity contribution < 1.29 is 13.9 Å². The van der Waals surface area contributed by atoms with E-state index in [1.807, 2.05) is 68.4 Å². The lowest BCUT2D eigenvalue weighted by molar-refractivity contribution is 0.0387. The topological polar surface area (TPSA) is 96.3 Å². The number of hydrogen-bond acceptors (Lipinski definition) is 7. The number of halogens is 1. The number of benzene rings is 2. The molecule has 1 saturated heterocycles. The number of amides is 1. The van der Waals surface area contributed by atoms with E-state index in [1.165, 1.54) is 0 Å². The molecule has 9 nitrogen and oxygen atoms in total. The van der Waals surface area contributed by atoms with Crippen LogP contribution in [0.25, 0.3) is 10.9 Å². The van der Waals surface area contributed by atoms with Crippen molar-refractivity contribution in [3.8, 4) is 0 Å². The van der Waals surface area contributed by atoms with Gasteiger partial charge in [-0.25, -0.2) is 14.2 Å². The smallest absolute Gasteiger partial charge is 0.326 e. The zero-order valence-electron chi connectivity index (χ0n) is 21.1. The van der Waals surface area contributed by atoms with Gasteiger partial charge in [0.1, 0.15) is 0 Å².